The Bertz CT molecular complexity index is 312. The molecule has 0 aliphatic carbocycles. The van der Waals surface area contributed by atoms with E-state index in [0.717, 1.165) is 31.7 Å². The maximum Gasteiger partial charge on any atom is 0.119 e. The van der Waals surface area contributed by atoms with Crippen molar-refractivity contribution < 1.29 is 4.74 Å². The topological polar surface area (TPSA) is 21.3 Å². The minimum Gasteiger partial charge on any atom is -0.494 e. The zero-order chi connectivity index (χ0) is 12.5. The number of rotatable bonds is 8. The molecule has 1 rings (SSSR count). The van der Waals surface area contributed by atoms with Crippen LogP contribution in [0.25, 0.3) is 0 Å². The molecular formula is C15H25NO. The molecule has 0 saturated carbocycles. The van der Waals surface area contributed by atoms with E-state index in [1.54, 1.807) is 0 Å². The van der Waals surface area contributed by atoms with Crippen LogP contribution in [0.4, 0.5) is 0 Å². The molecule has 1 N–H and O–H groups in total. The number of nitrogens with one attached hydrogen (secondary N) is 1. The van der Waals surface area contributed by atoms with E-state index < -0.39 is 0 Å². The second-order valence-corrected chi connectivity index (χ2v) is 4.47. The van der Waals surface area contributed by atoms with Crippen molar-refractivity contribution in [3.63, 3.8) is 0 Å². The zero-order valence-electron chi connectivity index (χ0n) is 11.3. The van der Waals surface area contributed by atoms with E-state index in [9.17, 15) is 0 Å². The molecule has 2 heteroatoms. The standard InChI is InChI=1S/C15H25NO/c1-4-13(3)16-10-7-11-17-15-9-6-8-14(5-2)12-15/h6,8-9,12-13,16H,4-5,7,10-11H2,1-3H3. The van der Waals surface area contributed by atoms with Crippen molar-refractivity contribution in [3.05, 3.63) is 29.8 Å². The van der Waals surface area contributed by atoms with Gasteiger partial charge in [0.05, 0.1) is 6.61 Å². The van der Waals surface area contributed by atoms with E-state index in [-0.39, 0.29) is 0 Å². The summed E-state index contributed by atoms with van der Waals surface area (Å²) in [5, 5.41) is 3.46. The number of benzene rings is 1. The number of ether oxygens (including phenoxy) is 1. The highest BCUT2D eigenvalue weighted by Crippen LogP contribution is 2.13. The Kier molecular flexibility index (Phi) is 6.71. The van der Waals surface area contributed by atoms with E-state index in [0.29, 0.717) is 6.04 Å². The molecule has 0 aliphatic rings. The maximum absolute atomic E-state index is 5.72. The molecule has 1 atom stereocenters. The molecule has 0 fully saturated rings. The highest BCUT2D eigenvalue weighted by atomic mass is 16.5. The van der Waals surface area contributed by atoms with Crippen LogP contribution < -0.4 is 10.1 Å². The fourth-order valence-electron chi connectivity index (χ4n) is 1.61. The first-order chi connectivity index (χ1) is 8.26. The summed E-state index contributed by atoms with van der Waals surface area (Å²) in [6.07, 6.45) is 3.30. The van der Waals surface area contributed by atoms with Gasteiger partial charge in [0.2, 0.25) is 0 Å². The van der Waals surface area contributed by atoms with E-state index in [1.165, 1.54) is 12.0 Å². The van der Waals surface area contributed by atoms with Crippen LogP contribution in [0.5, 0.6) is 5.75 Å². The van der Waals surface area contributed by atoms with E-state index in [2.05, 4.69) is 44.3 Å². The van der Waals surface area contributed by atoms with Crippen molar-refractivity contribution in [2.45, 2.75) is 46.1 Å². The molecule has 1 aromatic carbocycles. The Balaban J connectivity index is 2.17. The molecule has 0 saturated heterocycles. The monoisotopic (exact) mass is 235 g/mol. The molecule has 0 bridgehead atoms. The number of hydrogen-bond acceptors (Lipinski definition) is 2. The second kappa shape index (κ2) is 8.13. The first kappa shape index (κ1) is 14.0. The summed E-state index contributed by atoms with van der Waals surface area (Å²) in [7, 11) is 0. The number of aryl methyl sites for hydroxylation is 1. The van der Waals surface area contributed by atoms with Gasteiger partial charge in [-0.3, -0.25) is 0 Å². The van der Waals surface area contributed by atoms with E-state index in [1.807, 2.05) is 6.07 Å². The Hall–Kier alpha value is -1.02. The van der Waals surface area contributed by atoms with Gasteiger partial charge >= 0.3 is 0 Å². The molecule has 0 amide bonds. The summed E-state index contributed by atoms with van der Waals surface area (Å²) in [6, 6.07) is 8.96. The van der Waals surface area contributed by atoms with Gasteiger partial charge < -0.3 is 10.1 Å². The molecule has 96 valence electrons. The Morgan fingerprint density at radius 3 is 2.82 bits per heavy atom. The molecule has 0 spiro atoms. The van der Waals surface area contributed by atoms with Crippen LogP contribution in [0.2, 0.25) is 0 Å². The third kappa shape index (κ3) is 5.73. The Morgan fingerprint density at radius 2 is 2.12 bits per heavy atom. The first-order valence-corrected chi connectivity index (χ1v) is 6.71. The third-order valence-electron chi connectivity index (χ3n) is 3.00. The Morgan fingerprint density at radius 1 is 1.29 bits per heavy atom. The van der Waals surface area contributed by atoms with Crippen LogP contribution in [0.1, 0.15) is 39.2 Å². The quantitative estimate of drug-likeness (QED) is 0.697. The van der Waals surface area contributed by atoms with Crippen molar-refractivity contribution in [1.29, 1.82) is 0 Å². The van der Waals surface area contributed by atoms with Crippen molar-refractivity contribution in [3.8, 4) is 5.75 Å². The van der Waals surface area contributed by atoms with Gasteiger partial charge in [0.15, 0.2) is 0 Å². The van der Waals surface area contributed by atoms with Crippen LogP contribution in [0.3, 0.4) is 0 Å². The van der Waals surface area contributed by atoms with E-state index in [4.69, 9.17) is 4.74 Å². The average molecular weight is 235 g/mol. The van der Waals surface area contributed by atoms with Gasteiger partial charge in [0, 0.05) is 6.04 Å². The lowest BCUT2D eigenvalue weighted by Gasteiger charge is -2.11. The van der Waals surface area contributed by atoms with Crippen molar-refractivity contribution in [2.75, 3.05) is 13.2 Å². The van der Waals surface area contributed by atoms with Crippen molar-refractivity contribution in [2.24, 2.45) is 0 Å². The van der Waals surface area contributed by atoms with Gasteiger partial charge in [0.1, 0.15) is 5.75 Å². The minimum absolute atomic E-state index is 0.610. The molecule has 17 heavy (non-hydrogen) atoms. The lowest BCUT2D eigenvalue weighted by Crippen LogP contribution is -2.27. The third-order valence-corrected chi connectivity index (χ3v) is 3.00. The van der Waals surface area contributed by atoms with Crippen LogP contribution >= 0.6 is 0 Å². The van der Waals surface area contributed by atoms with Gasteiger partial charge in [-0.1, -0.05) is 26.0 Å². The second-order valence-electron chi connectivity index (χ2n) is 4.47. The fraction of sp³-hybridized carbons (Fsp3) is 0.600. The van der Waals surface area contributed by atoms with Crippen LogP contribution in [0.15, 0.2) is 24.3 Å². The van der Waals surface area contributed by atoms with Crippen LogP contribution in [0, 0.1) is 0 Å². The normalized spacial score (nSPS) is 12.4. The Labute approximate surface area is 105 Å². The highest BCUT2D eigenvalue weighted by molar-refractivity contribution is 5.28. The van der Waals surface area contributed by atoms with Crippen molar-refractivity contribution >= 4 is 0 Å². The van der Waals surface area contributed by atoms with Crippen LogP contribution in [-0.2, 0) is 6.42 Å². The predicted molar refractivity (Wildman–Crippen MR) is 73.7 cm³/mol. The minimum atomic E-state index is 0.610. The van der Waals surface area contributed by atoms with Gasteiger partial charge in [-0.15, -0.1) is 0 Å². The average Bonchev–Trinajstić information content (AvgIpc) is 2.38. The van der Waals surface area contributed by atoms with Gasteiger partial charge in [0.25, 0.3) is 0 Å². The summed E-state index contributed by atoms with van der Waals surface area (Å²) in [5.41, 5.74) is 1.33. The molecule has 1 unspecified atom stereocenters. The van der Waals surface area contributed by atoms with Crippen LogP contribution in [-0.4, -0.2) is 19.2 Å². The molecule has 0 aromatic heterocycles. The largest absolute Gasteiger partial charge is 0.494 e. The fourth-order valence-corrected chi connectivity index (χ4v) is 1.61. The van der Waals surface area contributed by atoms with Gasteiger partial charge in [-0.25, -0.2) is 0 Å². The lowest BCUT2D eigenvalue weighted by atomic mass is 10.2. The first-order valence-electron chi connectivity index (χ1n) is 6.71. The molecule has 0 radical (unpaired) electrons. The summed E-state index contributed by atoms with van der Waals surface area (Å²) >= 11 is 0. The van der Waals surface area contributed by atoms with Crippen molar-refractivity contribution in [1.82, 2.24) is 5.32 Å². The molecule has 0 heterocycles. The highest BCUT2D eigenvalue weighted by Gasteiger charge is 1.98. The molecular weight excluding hydrogens is 210 g/mol. The number of hydrogen-bond donors (Lipinski definition) is 1. The molecule has 2 nitrogen and oxygen atoms in total. The zero-order valence-corrected chi connectivity index (χ0v) is 11.3. The predicted octanol–water partition coefficient (Wildman–Crippen LogP) is 3.41. The van der Waals surface area contributed by atoms with Gasteiger partial charge in [-0.2, -0.15) is 0 Å². The molecule has 1 aromatic rings. The SMILES string of the molecule is CCc1cccc(OCCCNC(C)CC)c1. The summed E-state index contributed by atoms with van der Waals surface area (Å²) in [4.78, 5) is 0. The van der Waals surface area contributed by atoms with E-state index >= 15 is 0 Å². The van der Waals surface area contributed by atoms with Gasteiger partial charge in [-0.05, 0) is 50.4 Å². The maximum atomic E-state index is 5.72. The molecule has 0 aliphatic heterocycles. The lowest BCUT2D eigenvalue weighted by molar-refractivity contribution is 0.305. The summed E-state index contributed by atoms with van der Waals surface area (Å²) in [5.74, 6) is 0.993. The summed E-state index contributed by atoms with van der Waals surface area (Å²) < 4.78 is 5.72. The smallest absolute Gasteiger partial charge is 0.119 e. The summed E-state index contributed by atoms with van der Waals surface area (Å²) in [6.45, 7) is 8.39.